The number of nitrogens with one attached hydrogen (secondary N) is 2. The van der Waals surface area contributed by atoms with E-state index in [0.29, 0.717) is 18.7 Å². The molecule has 1 aliphatic rings. The Labute approximate surface area is 169 Å². The van der Waals surface area contributed by atoms with Crippen LogP contribution in [0.5, 0.6) is 0 Å². The number of aliphatic imine (C=N–C) groups is 1. The van der Waals surface area contributed by atoms with Gasteiger partial charge >= 0.3 is 0 Å². The number of ether oxygens (including phenoxy) is 1. The number of likely N-dealkylation sites (N-methyl/N-ethyl adjacent to an activating group) is 1. The van der Waals surface area contributed by atoms with Crippen LogP contribution in [0.2, 0.25) is 0 Å². The maximum Gasteiger partial charge on any atom is 0.251 e. The van der Waals surface area contributed by atoms with Crippen molar-refractivity contribution in [1.29, 1.82) is 0 Å². The molecule has 2 N–H and O–H groups in total. The van der Waals surface area contributed by atoms with Crippen molar-refractivity contribution in [1.82, 2.24) is 15.5 Å². The number of benzene rings is 1. The van der Waals surface area contributed by atoms with Crippen molar-refractivity contribution in [3.05, 3.63) is 35.4 Å². The molecule has 0 saturated heterocycles. The van der Waals surface area contributed by atoms with Crippen LogP contribution in [0.1, 0.15) is 56.0 Å². The molecule has 1 aromatic carbocycles. The second-order valence-electron chi connectivity index (χ2n) is 7.59. The van der Waals surface area contributed by atoms with Crippen molar-refractivity contribution in [3.63, 3.8) is 0 Å². The number of guanidine groups is 1. The summed E-state index contributed by atoms with van der Waals surface area (Å²) < 4.78 is 5.73. The topological polar surface area (TPSA) is 66.0 Å². The Bertz CT molecular complexity index is 643. The quantitative estimate of drug-likeness (QED) is 0.347. The van der Waals surface area contributed by atoms with E-state index in [4.69, 9.17) is 9.73 Å². The molecule has 1 unspecified atom stereocenters. The van der Waals surface area contributed by atoms with E-state index in [-0.39, 0.29) is 11.9 Å². The number of carbonyl (C=O) groups excluding carboxylic acids is 1. The summed E-state index contributed by atoms with van der Waals surface area (Å²) in [5.41, 5.74) is 1.70. The van der Waals surface area contributed by atoms with Crippen molar-refractivity contribution in [2.75, 3.05) is 33.4 Å². The third kappa shape index (κ3) is 7.89. The fraction of sp³-hybridized carbons (Fsp3) is 0.636. The average Bonchev–Trinajstić information content (AvgIpc) is 3.52. The van der Waals surface area contributed by atoms with Gasteiger partial charge in [-0.25, -0.2) is 4.99 Å². The first kappa shape index (κ1) is 22.2. The first-order valence-corrected chi connectivity index (χ1v) is 10.5. The standard InChI is InChI=1S/C22H36N4O2/c1-5-17(3)25-21(27)20-9-7-8-19(14-20)15-24-22(23-6-2)26(4)12-13-28-16-18-10-11-18/h7-9,14,17-18H,5-6,10-13,15-16H2,1-4H3,(H,23,24)(H,25,27). The Morgan fingerprint density at radius 2 is 2.14 bits per heavy atom. The van der Waals surface area contributed by atoms with Gasteiger partial charge in [0.2, 0.25) is 0 Å². The highest BCUT2D eigenvalue weighted by molar-refractivity contribution is 5.94. The predicted octanol–water partition coefficient (Wildman–Crippen LogP) is 3.04. The van der Waals surface area contributed by atoms with Crippen molar-refractivity contribution in [2.45, 2.75) is 52.6 Å². The van der Waals surface area contributed by atoms with Gasteiger partial charge in [-0.05, 0) is 56.7 Å². The van der Waals surface area contributed by atoms with Crippen LogP contribution in [0.3, 0.4) is 0 Å². The molecule has 0 heterocycles. The Hall–Kier alpha value is -2.08. The molecular weight excluding hydrogens is 352 g/mol. The van der Waals surface area contributed by atoms with Crippen molar-refractivity contribution >= 4 is 11.9 Å². The fourth-order valence-electron chi connectivity index (χ4n) is 2.70. The zero-order chi connectivity index (χ0) is 20.4. The molecule has 1 fully saturated rings. The lowest BCUT2D eigenvalue weighted by Crippen LogP contribution is -2.40. The minimum absolute atomic E-state index is 0.0305. The van der Waals surface area contributed by atoms with E-state index >= 15 is 0 Å². The highest BCUT2D eigenvalue weighted by Crippen LogP contribution is 2.28. The van der Waals surface area contributed by atoms with Gasteiger partial charge in [-0.1, -0.05) is 19.1 Å². The summed E-state index contributed by atoms with van der Waals surface area (Å²) in [6.07, 6.45) is 3.54. The van der Waals surface area contributed by atoms with Crippen LogP contribution < -0.4 is 10.6 Å². The summed E-state index contributed by atoms with van der Waals surface area (Å²) in [7, 11) is 2.03. The van der Waals surface area contributed by atoms with Crippen LogP contribution in [-0.2, 0) is 11.3 Å². The normalized spacial score (nSPS) is 15.2. The van der Waals surface area contributed by atoms with E-state index in [1.807, 2.05) is 38.2 Å². The predicted molar refractivity (Wildman–Crippen MR) is 115 cm³/mol. The third-order valence-electron chi connectivity index (χ3n) is 4.91. The van der Waals surface area contributed by atoms with Gasteiger partial charge in [0.05, 0.1) is 13.2 Å². The van der Waals surface area contributed by atoms with E-state index in [1.54, 1.807) is 0 Å². The van der Waals surface area contributed by atoms with Crippen molar-refractivity contribution in [2.24, 2.45) is 10.9 Å². The Balaban J connectivity index is 1.91. The van der Waals surface area contributed by atoms with Crippen molar-refractivity contribution in [3.8, 4) is 0 Å². The lowest BCUT2D eigenvalue weighted by molar-refractivity contribution is 0.0939. The number of rotatable bonds is 11. The smallest absolute Gasteiger partial charge is 0.251 e. The second-order valence-corrected chi connectivity index (χ2v) is 7.59. The van der Waals surface area contributed by atoms with Crippen LogP contribution in [0.4, 0.5) is 0 Å². The molecule has 6 nitrogen and oxygen atoms in total. The molecular formula is C22H36N4O2. The highest BCUT2D eigenvalue weighted by atomic mass is 16.5. The molecule has 6 heteroatoms. The second kappa shape index (κ2) is 11.7. The molecule has 1 aromatic rings. The zero-order valence-electron chi connectivity index (χ0n) is 17.8. The Kier molecular flexibility index (Phi) is 9.28. The van der Waals surface area contributed by atoms with Crippen LogP contribution in [0.15, 0.2) is 29.3 Å². The van der Waals surface area contributed by atoms with E-state index in [2.05, 4.69) is 29.4 Å². The van der Waals surface area contributed by atoms with Gasteiger partial charge in [-0.2, -0.15) is 0 Å². The summed E-state index contributed by atoms with van der Waals surface area (Å²) in [5, 5.41) is 6.34. The first-order chi connectivity index (χ1) is 13.5. The molecule has 1 atom stereocenters. The van der Waals surface area contributed by atoms with Gasteiger partial charge in [0.25, 0.3) is 5.91 Å². The Morgan fingerprint density at radius 3 is 2.82 bits per heavy atom. The van der Waals surface area contributed by atoms with Crippen LogP contribution >= 0.6 is 0 Å². The van der Waals surface area contributed by atoms with Crippen LogP contribution in [0.25, 0.3) is 0 Å². The molecule has 1 aliphatic carbocycles. The summed E-state index contributed by atoms with van der Waals surface area (Å²) in [4.78, 5) is 19.2. The van der Waals surface area contributed by atoms with E-state index in [1.165, 1.54) is 12.8 Å². The van der Waals surface area contributed by atoms with Gasteiger partial charge in [-0.3, -0.25) is 4.79 Å². The lowest BCUT2D eigenvalue weighted by atomic mass is 10.1. The van der Waals surface area contributed by atoms with Gasteiger partial charge in [0.15, 0.2) is 5.96 Å². The highest BCUT2D eigenvalue weighted by Gasteiger charge is 2.21. The van der Waals surface area contributed by atoms with Gasteiger partial charge in [-0.15, -0.1) is 0 Å². The number of hydrogen-bond acceptors (Lipinski definition) is 3. The van der Waals surface area contributed by atoms with Gasteiger partial charge in [0, 0.05) is 38.3 Å². The molecule has 0 aromatic heterocycles. The number of nitrogens with zero attached hydrogens (tertiary/aromatic N) is 2. The maximum absolute atomic E-state index is 12.3. The molecule has 156 valence electrons. The van der Waals surface area contributed by atoms with Gasteiger partial charge in [0.1, 0.15) is 0 Å². The molecule has 0 radical (unpaired) electrons. The summed E-state index contributed by atoms with van der Waals surface area (Å²) in [6.45, 7) is 9.87. The van der Waals surface area contributed by atoms with E-state index < -0.39 is 0 Å². The van der Waals surface area contributed by atoms with E-state index in [0.717, 1.165) is 43.6 Å². The third-order valence-corrected chi connectivity index (χ3v) is 4.91. The minimum atomic E-state index is -0.0305. The molecule has 0 aliphatic heterocycles. The number of hydrogen-bond donors (Lipinski definition) is 2. The van der Waals surface area contributed by atoms with Crippen molar-refractivity contribution < 1.29 is 9.53 Å². The largest absolute Gasteiger partial charge is 0.379 e. The summed E-state index contributed by atoms with van der Waals surface area (Å²) >= 11 is 0. The average molecular weight is 389 g/mol. The fourth-order valence-corrected chi connectivity index (χ4v) is 2.70. The minimum Gasteiger partial charge on any atom is -0.379 e. The molecule has 28 heavy (non-hydrogen) atoms. The summed E-state index contributed by atoms with van der Waals surface area (Å²) in [5.74, 6) is 1.61. The molecule has 1 amide bonds. The zero-order valence-corrected chi connectivity index (χ0v) is 17.8. The maximum atomic E-state index is 12.3. The summed E-state index contributed by atoms with van der Waals surface area (Å²) in [6, 6.07) is 7.86. The number of amides is 1. The van der Waals surface area contributed by atoms with Gasteiger partial charge < -0.3 is 20.3 Å². The lowest BCUT2D eigenvalue weighted by Gasteiger charge is -2.22. The first-order valence-electron chi connectivity index (χ1n) is 10.5. The Morgan fingerprint density at radius 1 is 1.36 bits per heavy atom. The molecule has 0 spiro atoms. The SMILES string of the molecule is CCNC(=NCc1cccc(C(=O)NC(C)CC)c1)N(C)CCOCC1CC1. The van der Waals surface area contributed by atoms with Crippen LogP contribution in [-0.4, -0.2) is 56.2 Å². The monoisotopic (exact) mass is 388 g/mol. The van der Waals surface area contributed by atoms with Crippen LogP contribution in [0, 0.1) is 5.92 Å². The molecule has 1 saturated carbocycles. The number of carbonyl (C=O) groups is 1. The molecule has 2 rings (SSSR count). The molecule has 0 bridgehead atoms. The van der Waals surface area contributed by atoms with E-state index in [9.17, 15) is 4.79 Å².